The lowest BCUT2D eigenvalue weighted by molar-refractivity contribution is -0.0399. The lowest BCUT2D eigenvalue weighted by Crippen LogP contribution is -2.14. The highest BCUT2D eigenvalue weighted by Crippen LogP contribution is 2.12. The first-order valence-corrected chi connectivity index (χ1v) is 5.09. The van der Waals surface area contributed by atoms with Gasteiger partial charge in [0.1, 0.15) is 0 Å². The molecule has 1 fully saturated rings. The second-order valence-corrected chi connectivity index (χ2v) is 3.56. The molecule has 1 heterocycles. The summed E-state index contributed by atoms with van der Waals surface area (Å²) in [5.74, 6) is 0.111. The van der Waals surface area contributed by atoms with Crippen molar-refractivity contribution >= 4 is 5.84 Å². The van der Waals surface area contributed by atoms with Gasteiger partial charge in [-0.15, -0.1) is 0 Å². The second-order valence-electron chi connectivity index (χ2n) is 3.56. The van der Waals surface area contributed by atoms with Crippen LogP contribution in [0.3, 0.4) is 0 Å². The second kappa shape index (κ2) is 4.96. The molecule has 16 heavy (non-hydrogen) atoms. The summed E-state index contributed by atoms with van der Waals surface area (Å²) < 4.78 is 10.7. The number of hydrogen-bond acceptors (Lipinski definition) is 4. The zero-order chi connectivity index (χ0) is 11.4. The van der Waals surface area contributed by atoms with Crippen LogP contribution in [0.2, 0.25) is 0 Å². The molecule has 5 heteroatoms. The first-order chi connectivity index (χ1) is 7.79. The van der Waals surface area contributed by atoms with E-state index in [1.165, 1.54) is 0 Å². The van der Waals surface area contributed by atoms with E-state index in [-0.39, 0.29) is 12.1 Å². The molecule has 0 atom stereocenters. The third kappa shape index (κ3) is 2.50. The molecule has 5 nitrogen and oxygen atoms in total. The highest BCUT2D eigenvalue weighted by molar-refractivity contribution is 5.96. The van der Waals surface area contributed by atoms with Crippen LogP contribution in [0.4, 0.5) is 0 Å². The SMILES string of the molecule is N/C(=N\O)c1ccc(CC2OCCO2)cc1. The Kier molecular flexibility index (Phi) is 3.38. The van der Waals surface area contributed by atoms with Crippen LogP contribution in [0.5, 0.6) is 0 Å². The maximum absolute atomic E-state index is 8.51. The summed E-state index contributed by atoms with van der Waals surface area (Å²) in [5, 5.41) is 11.4. The molecule has 86 valence electrons. The van der Waals surface area contributed by atoms with Gasteiger partial charge in [0.25, 0.3) is 0 Å². The van der Waals surface area contributed by atoms with Gasteiger partial charge in [-0.1, -0.05) is 29.4 Å². The summed E-state index contributed by atoms with van der Waals surface area (Å²) in [6.07, 6.45) is 0.575. The van der Waals surface area contributed by atoms with Crippen LogP contribution in [0.1, 0.15) is 11.1 Å². The van der Waals surface area contributed by atoms with Gasteiger partial charge in [-0.3, -0.25) is 0 Å². The molecule has 1 aromatic carbocycles. The Morgan fingerprint density at radius 1 is 1.31 bits per heavy atom. The fourth-order valence-corrected chi connectivity index (χ4v) is 1.59. The van der Waals surface area contributed by atoms with Crippen molar-refractivity contribution in [1.29, 1.82) is 0 Å². The van der Waals surface area contributed by atoms with Crippen molar-refractivity contribution in [1.82, 2.24) is 0 Å². The largest absolute Gasteiger partial charge is 0.409 e. The maximum atomic E-state index is 8.51. The van der Waals surface area contributed by atoms with Crippen LogP contribution in [0.25, 0.3) is 0 Å². The fourth-order valence-electron chi connectivity index (χ4n) is 1.59. The normalized spacial score (nSPS) is 17.9. The van der Waals surface area contributed by atoms with Crippen LogP contribution in [-0.4, -0.2) is 30.5 Å². The van der Waals surface area contributed by atoms with Gasteiger partial charge in [0.2, 0.25) is 0 Å². The van der Waals surface area contributed by atoms with E-state index in [1.54, 1.807) is 12.1 Å². The topological polar surface area (TPSA) is 77.1 Å². The van der Waals surface area contributed by atoms with Gasteiger partial charge in [-0.05, 0) is 5.56 Å². The maximum Gasteiger partial charge on any atom is 0.170 e. The molecule has 1 aliphatic rings. The van der Waals surface area contributed by atoms with E-state index in [0.717, 1.165) is 12.0 Å². The van der Waals surface area contributed by atoms with Gasteiger partial charge in [-0.2, -0.15) is 0 Å². The quantitative estimate of drug-likeness (QED) is 0.341. The van der Waals surface area contributed by atoms with Crippen LogP contribution in [0.15, 0.2) is 29.4 Å². The molecule has 1 aromatic rings. The van der Waals surface area contributed by atoms with Crippen molar-refractivity contribution in [2.75, 3.05) is 13.2 Å². The minimum Gasteiger partial charge on any atom is -0.409 e. The summed E-state index contributed by atoms with van der Waals surface area (Å²) >= 11 is 0. The molecule has 0 aromatic heterocycles. The van der Waals surface area contributed by atoms with E-state index in [1.807, 2.05) is 12.1 Å². The van der Waals surface area contributed by atoms with Crippen molar-refractivity contribution in [2.24, 2.45) is 10.9 Å². The number of nitrogens with two attached hydrogens (primary N) is 1. The van der Waals surface area contributed by atoms with Crippen LogP contribution < -0.4 is 5.73 Å². The van der Waals surface area contributed by atoms with Crippen molar-refractivity contribution in [3.05, 3.63) is 35.4 Å². The summed E-state index contributed by atoms with van der Waals surface area (Å²) in [6.45, 7) is 1.32. The lowest BCUT2D eigenvalue weighted by atomic mass is 10.1. The van der Waals surface area contributed by atoms with Gasteiger partial charge >= 0.3 is 0 Å². The molecule has 0 bridgehead atoms. The minimum absolute atomic E-state index is 0.111. The summed E-state index contributed by atoms with van der Waals surface area (Å²) in [4.78, 5) is 0. The molecule has 3 N–H and O–H groups in total. The first kappa shape index (κ1) is 10.9. The van der Waals surface area contributed by atoms with Crippen molar-refractivity contribution in [2.45, 2.75) is 12.7 Å². The van der Waals surface area contributed by atoms with E-state index in [4.69, 9.17) is 20.4 Å². The number of ether oxygens (including phenoxy) is 2. The number of amidine groups is 1. The van der Waals surface area contributed by atoms with Gasteiger partial charge in [0.15, 0.2) is 12.1 Å². The van der Waals surface area contributed by atoms with E-state index in [2.05, 4.69) is 5.16 Å². The molecule has 0 aliphatic carbocycles. The predicted molar refractivity (Wildman–Crippen MR) is 58.3 cm³/mol. The molecule has 0 spiro atoms. The van der Waals surface area contributed by atoms with E-state index in [0.29, 0.717) is 18.8 Å². The summed E-state index contributed by atoms with van der Waals surface area (Å²) in [7, 11) is 0. The number of benzene rings is 1. The van der Waals surface area contributed by atoms with Crippen molar-refractivity contribution in [3.63, 3.8) is 0 Å². The smallest absolute Gasteiger partial charge is 0.170 e. The molecule has 0 radical (unpaired) electrons. The van der Waals surface area contributed by atoms with Crippen LogP contribution in [0, 0.1) is 0 Å². The Labute approximate surface area is 93.5 Å². The first-order valence-electron chi connectivity index (χ1n) is 5.09. The summed E-state index contributed by atoms with van der Waals surface area (Å²) in [6, 6.07) is 7.44. The Balaban J connectivity index is 2.01. The van der Waals surface area contributed by atoms with Gasteiger partial charge in [0.05, 0.1) is 13.2 Å². The van der Waals surface area contributed by atoms with Crippen LogP contribution >= 0.6 is 0 Å². The standard InChI is InChI=1S/C11H14N2O3/c12-11(13-14)9-3-1-8(2-4-9)7-10-15-5-6-16-10/h1-4,10,14H,5-7H2,(H2,12,13). The highest BCUT2D eigenvalue weighted by Gasteiger charge is 2.16. The van der Waals surface area contributed by atoms with E-state index < -0.39 is 0 Å². The third-order valence-electron chi connectivity index (χ3n) is 2.45. The molecule has 0 unspecified atom stereocenters. The minimum atomic E-state index is -0.144. The molecular formula is C11H14N2O3. The third-order valence-corrected chi connectivity index (χ3v) is 2.45. The lowest BCUT2D eigenvalue weighted by Gasteiger charge is -2.09. The average Bonchev–Trinajstić information content (AvgIpc) is 2.82. The molecular weight excluding hydrogens is 208 g/mol. The predicted octanol–water partition coefficient (Wildman–Crippen LogP) is 0.696. The monoisotopic (exact) mass is 222 g/mol. The Bertz CT molecular complexity index is 369. The number of hydrogen-bond donors (Lipinski definition) is 2. The zero-order valence-electron chi connectivity index (χ0n) is 8.80. The van der Waals surface area contributed by atoms with Gasteiger partial charge in [0, 0.05) is 12.0 Å². The molecule has 1 saturated heterocycles. The van der Waals surface area contributed by atoms with Crippen LogP contribution in [-0.2, 0) is 15.9 Å². The highest BCUT2D eigenvalue weighted by atomic mass is 16.7. The number of nitrogens with zero attached hydrogens (tertiary/aromatic N) is 1. The van der Waals surface area contributed by atoms with E-state index >= 15 is 0 Å². The number of oxime groups is 1. The van der Waals surface area contributed by atoms with Gasteiger partial charge in [-0.25, -0.2) is 0 Å². The van der Waals surface area contributed by atoms with Crippen molar-refractivity contribution < 1.29 is 14.7 Å². The fraction of sp³-hybridized carbons (Fsp3) is 0.364. The molecule has 1 aliphatic heterocycles. The Hall–Kier alpha value is -1.59. The number of rotatable bonds is 3. The Morgan fingerprint density at radius 2 is 1.94 bits per heavy atom. The van der Waals surface area contributed by atoms with E-state index in [9.17, 15) is 0 Å². The zero-order valence-corrected chi connectivity index (χ0v) is 8.80. The van der Waals surface area contributed by atoms with Gasteiger partial charge < -0.3 is 20.4 Å². The molecule has 0 amide bonds. The molecule has 0 saturated carbocycles. The summed E-state index contributed by atoms with van der Waals surface area (Å²) in [5.41, 5.74) is 7.25. The molecule has 2 rings (SSSR count). The van der Waals surface area contributed by atoms with Crippen molar-refractivity contribution in [3.8, 4) is 0 Å². The Morgan fingerprint density at radius 3 is 2.50 bits per heavy atom. The average molecular weight is 222 g/mol.